The van der Waals surface area contributed by atoms with Gasteiger partial charge in [-0.15, -0.1) is 0 Å². The van der Waals surface area contributed by atoms with Crippen LogP contribution in [0.15, 0.2) is 36.4 Å². The zero-order valence-electron chi connectivity index (χ0n) is 14.6. The predicted molar refractivity (Wildman–Crippen MR) is 96.6 cm³/mol. The zero-order valence-corrected chi connectivity index (χ0v) is 14.6. The number of aromatic nitrogens is 2. The number of amides is 1. The third kappa shape index (κ3) is 5.17. The quantitative estimate of drug-likeness (QED) is 0.875. The van der Waals surface area contributed by atoms with Gasteiger partial charge in [0.2, 0.25) is 5.95 Å². The van der Waals surface area contributed by atoms with Gasteiger partial charge in [0.15, 0.2) is 6.61 Å². The summed E-state index contributed by atoms with van der Waals surface area (Å²) in [7, 11) is 0. The van der Waals surface area contributed by atoms with Crippen molar-refractivity contribution in [1.82, 2.24) is 15.3 Å². The summed E-state index contributed by atoms with van der Waals surface area (Å²) in [6, 6.07) is 11.2. The first-order valence-corrected chi connectivity index (χ1v) is 8.75. The van der Waals surface area contributed by atoms with Crippen molar-refractivity contribution >= 4 is 11.9 Å². The van der Waals surface area contributed by atoms with Crippen LogP contribution in [0.4, 0.5) is 5.95 Å². The summed E-state index contributed by atoms with van der Waals surface area (Å²) in [5.74, 6) is 1.28. The van der Waals surface area contributed by atoms with Crippen LogP contribution < -0.4 is 15.0 Å². The van der Waals surface area contributed by atoms with Crippen molar-refractivity contribution in [1.29, 1.82) is 0 Å². The number of ether oxygens (including phenoxy) is 1. The van der Waals surface area contributed by atoms with Gasteiger partial charge in [-0.25, -0.2) is 9.97 Å². The van der Waals surface area contributed by atoms with Gasteiger partial charge in [0.05, 0.1) is 12.2 Å². The van der Waals surface area contributed by atoms with Gasteiger partial charge in [-0.3, -0.25) is 4.79 Å². The molecule has 0 spiro atoms. The van der Waals surface area contributed by atoms with Crippen LogP contribution in [0.25, 0.3) is 0 Å². The highest BCUT2D eigenvalue weighted by Crippen LogP contribution is 2.16. The van der Waals surface area contributed by atoms with Crippen LogP contribution >= 0.6 is 0 Å². The van der Waals surface area contributed by atoms with Crippen LogP contribution in [0, 0.1) is 6.92 Å². The molecule has 25 heavy (non-hydrogen) atoms. The number of nitrogens with one attached hydrogen (secondary N) is 1. The van der Waals surface area contributed by atoms with Gasteiger partial charge in [0.1, 0.15) is 5.75 Å². The summed E-state index contributed by atoms with van der Waals surface area (Å²) in [5, 5.41) is 2.85. The lowest BCUT2D eigenvalue weighted by atomic mass is 10.1. The average molecular weight is 340 g/mol. The van der Waals surface area contributed by atoms with E-state index in [4.69, 9.17) is 4.74 Å². The number of benzene rings is 1. The number of para-hydroxylation sites is 1. The number of nitrogens with zero attached hydrogens (tertiary/aromatic N) is 3. The molecule has 1 aromatic carbocycles. The van der Waals surface area contributed by atoms with E-state index in [0.29, 0.717) is 12.3 Å². The van der Waals surface area contributed by atoms with Crippen LogP contribution in [0.3, 0.4) is 0 Å². The largest absolute Gasteiger partial charge is 0.484 e. The molecule has 132 valence electrons. The normalized spacial score (nSPS) is 14.2. The SMILES string of the molecule is Cc1cc(CNC(=O)COc2ccccc2)nc(N2CCCCC2)n1. The van der Waals surface area contributed by atoms with Crippen molar-refractivity contribution in [3.63, 3.8) is 0 Å². The minimum atomic E-state index is -0.167. The number of hydrogen-bond donors (Lipinski definition) is 1. The Hall–Kier alpha value is -2.63. The molecule has 0 bridgehead atoms. The van der Waals surface area contributed by atoms with E-state index in [0.717, 1.165) is 30.4 Å². The molecule has 0 atom stereocenters. The van der Waals surface area contributed by atoms with E-state index in [-0.39, 0.29) is 12.5 Å². The molecular weight excluding hydrogens is 316 g/mol. The summed E-state index contributed by atoms with van der Waals surface area (Å²) in [6.45, 7) is 4.33. The first kappa shape index (κ1) is 17.2. The maximum Gasteiger partial charge on any atom is 0.258 e. The first-order chi connectivity index (χ1) is 12.2. The molecule has 1 saturated heterocycles. The van der Waals surface area contributed by atoms with Crippen LogP contribution in [-0.2, 0) is 11.3 Å². The predicted octanol–water partition coefficient (Wildman–Crippen LogP) is 2.47. The Morgan fingerprint density at radius 3 is 2.68 bits per heavy atom. The van der Waals surface area contributed by atoms with Crippen molar-refractivity contribution < 1.29 is 9.53 Å². The summed E-state index contributed by atoms with van der Waals surface area (Å²) in [4.78, 5) is 23.3. The summed E-state index contributed by atoms with van der Waals surface area (Å²) >= 11 is 0. The third-order valence-electron chi connectivity index (χ3n) is 4.11. The molecule has 1 amide bonds. The molecule has 6 nitrogen and oxygen atoms in total. The second kappa shape index (κ2) is 8.46. The monoisotopic (exact) mass is 340 g/mol. The van der Waals surface area contributed by atoms with Gasteiger partial charge >= 0.3 is 0 Å². The number of piperidine rings is 1. The molecule has 0 unspecified atom stereocenters. The van der Waals surface area contributed by atoms with Crippen molar-refractivity contribution in [2.75, 3.05) is 24.6 Å². The van der Waals surface area contributed by atoms with Crippen molar-refractivity contribution in [2.45, 2.75) is 32.7 Å². The molecule has 6 heteroatoms. The number of hydrogen-bond acceptors (Lipinski definition) is 5. The molecule has 0 saturated carbocycles. The van der Waals surface area contributed by atoms with E-state index in [9.17, 15) is 4.79 Å². The van der Waals surface area contributed by atoms with Crippen LogP contribution in [0.2, 0.25) is 0 Å². The van der Waals surface area contributed by atoms with E-state index >= 15 is 0 Å². The summed E-state index contributed by atoms with van der Waals surface area (Å²) in [6.07, 6.45) is 3.63. The molecular formula is C19H24N4O2. The van der Waals surface area contributed by atoms with Gasteiger partial charge in [-0.2, -0.15) is 0 Å². The maximum atomic E-state index is 12.0. The van der Waals surface area contributed by atoms with E-state index in [1.54, 1.807) is 0 Å². The highest BCUT2D eigenvalue weighted by atomic mass is 16.5. The first-order valence-electron chi connectivity index (χ1n) is 8.75. The van der Waals surface area contributed by atoms with E-state index in [1.807, 2.05) is 43.3 Å². The zero-order chi connectivity index (χ0) is 17.5. The van der Waals surface area contributed by atoms with Crippen molar-refractivity contribution in [3.05, 3.63) is 47.8 Å². The highest BCUT2D eigenvalue weighted by Gasteiger charge is 2.15. The van der Waals surface area contributed by atoms with E-state index in [2.05, 4.69) is 20.2 Å². The second-order valence-corrected chi connectivity index (χ2v) is 6.23. The molecule has 2 heterocycles. The van der Waals surface area contributed by atoms with Gasteiger partial charge in [0, 0.05) is 18.8 Å². The number of rotatable bonds is 6. The van der Waals surface area contributed by atoms with Gasteiger partial charge in [-0.05, 0) is 44.4 Å². The summed E-state index contributed by atoms with van der Waals surface area (Å²) < 4.78 is 5.45. The lowest BCUT2D eigenvalue weighted by Crippen LogP contribution is -2.32. The molecule has 0 radical (unpaired) electrons. The standard InChI is InChI=1S/C19H24N4O2/c1-15-12-16(22-19(21-15)23-10-6-3-7-11-23)13-20-18(24)14-25-17-8-4-2-5-9-17/h2,4-5,8-9,12H,3,6-7,10-11,13-14H2,1H3,(H,20,24). The second-order valence-electron chi connectivity index (χ2n) is 6.23. The van der Waals surface area contributed by atoms with E-state index in [1.165, 1.54) is 19.3 Å². The van der Waals surface area contributed by atoms with Crippen molar-refractivity contribution in [2.24, 2.45) is 0 Å². The molecule has 1 aromatic heterocycles. The van der Waals surface area contributed by atoms with Crippen LogP contribution in [0.5, 0.6) is 5.75 Å². The number of anilines is 1. The Morgan fingerprint density at radius 2 is 1.92 bits per heavy atom. The highest BCUT2D eigenvalue weighted by molar-refractivity contribution is 5.77. The Labute approximate surface area is 148 Å². The minimum absolute atomic E-state index is 0.00688. The van der Waals surface area contributed by atoms with Crippen molar-refractivity contribution in [3.8, 4) is 5.75 Å². The molecule has 3 rings (SSSR count). The molecule has 1 N–H and O–H groups in total. The molecule has 1 aliphatic heterocycles. The Kier molecular flexibility index (Phi) is 5.82. The minimum Gasteiger partial charge on any atom is -0.484 e. The van der Waals surface area contributed by atoms with Gasteiger partial charge in [0.25, 0.3) is 5.91 Å². The smallest absolute Gasteiger partial charge is 0.258 e. The number of carbonyl (C=O) groups is 1. The molecule has 2 aromatic rings. The molecule has 1 aliphatic rings. The average Bonchev–Trinajstić information content (AvgIpc) is 2.66. The summed E-state index contributed by atoms with van der Waals surface area (Å²) in [5.41, 5.74) is 1.74. The Bertz CT molecular complexity index is 700. The van der Waals surface area contributed by atoms with Crippen LogP contribution in [-0.4, -0.2) is 35.6 Å². The molecule has 0 aliphatic carbocycles. The third-order valence-corrected chi connectivity index (χ3v) is 4.11. The number of carbonyl (C=O) groups excluding carboxylic acids is 1. The topological polar surface area (TPSA) is 67.3 Å². The Morgan fingerprint density at radius 1 is 1.16 bits per heavy atom. The maximum absolute atomic E-state index is 12.0. The Balaban J connectivity index is 1.53. The number of aryl methyl sites for hydroxylation is 1. The van der Waals surface area contributed by atoms with Gasteiger partial charge < -0.3 is 15.0 Å². The molecule has 1 fully saturated rings. The lowest BCUT2D eigenvalue weighted by Gasteiger charge is -2.27. The van der Waals surface area contributed by atoms with Gasteiger partial charge in [-0.1, -0.05) is 18.2 Å². The fourth-order valence-electron chi connectivity index (χ4n) is 2.85. The van der Waals surface area contributed by atoms with Crippen LogP contribution in [0.1, 0.15) is 30.7 Å². The van der Waals surface area contributed by atoms with E-state index < -0.39 is 0 Å². The fourth-order valence-corrected chi connectivity index (χ4v) is 2.85. The lowest BCUT2D eigenvalue weighted by molar-refractivity contribution is -0.123. The fraction of sp³-hybridized carbons (Fsp3) is 0.421.